The molecule has 0 heterocycles. The molecule has 0 aliphatic heterocycles. The van der Waals surface area contributed by atoms with Gasteiger partial charge in [-0.3, -0.25) is 0 Å². The van der Waals surface area contributed by atoms with Crippen molar-refractivity contribution < 1.29 is 19.7 Å². The zero-order valence-electron chi connectivity index (χ0n) is 20.8. The van der Waals surface area contributed by atoms with E-state index in [9.17, 15) is 10.2 Å². The number of hydrogen-bond acceptors (Lipinski definition) is 4. The molecule has 0 amide bonds. The first kappa shape index (κ1) is 25.8. The van der Waals surface area contributed by atoms with E-state index in [1.54, 1.807) is 0 Å². The minimum Gasteiger partial charge on any atom is -0.490 e. The molecule has 1 unspecified atom stereocenters. The second-order valence-corrected chi connectivity index (χ2v) is 9.62. The summed E-state index contributed by atoms with van der Waals surface area (Å²) in [6, 6.07) is 21.4. The van der Waals surface area contributed by atoms with Crippen molar-refractivity contribution in [3.63, 3.8) is 0 Å². The van der Waals surface area contributed by atoms with E-state index in [1.165, 1.54) is 0 Å². The summed E-state index contributed by atoms with van der Waals surface area (Å²) in [6.07, 6.45) is 1.04. The number of hydrogen-bond donors (Lipinski definition) is 2. The summed E-state index contributed by atoms with van der Waals surface area (Å²) in [5.74, 6) is 2.44. The normalized spacial score (nSPS) is 12.2. The van der Waals surface area contributed by atoms with Gasteiger partial charge in [0.05, 0.1) is 19.8 Å². The summed E-state index contributed by atoms with van der Waals surface area (Å²) >= 11 is 0. The van der Waals surface area contributed by atoms with E-state index in [2.05, 4.69) is 27.7 Å². The molecular formula is C30H38O4. The summed E-state index contributed by atoms with van der Waals surface area (Å²) in [5.41, 5.74) is 4.25. The summed E-state index contributed by atoms with van der Waals surface area (Å²) < 4.78 is 12.4. The number of rotatable bonds is 12. The van der Waals surface area contributed by atoms with E-state index in [0.717, 1.165) is 40.7 Å². The second kappa shape index (κ2) is 12.6. The molecule has 34 heavy (non-hydrogen) atoms. The number of aliphatic hydroxyl groups is 2. The maximum Gasteiger partial charge on any atom is 0.161 e. The van der Waals surface area contributed by atoms with Crippen molar-refractivity contribution in [3.8, 4) is 22.6 Å². The molecule has 0 fully saturated rings. The van der Waals surface area contributed by atoms with Gasteiger partial charge in [0.1, 0.15) is 6.10 Å². The maximum absolute atomic E-state index is 11.4. The molecule has 0 spiro atoms. The molecule has 0 radical (unpaired) electrons. The third kappa shape index (κ3) is 7.09. The fraction of sp³-hybridized carbons (Fsp3) is 0.400. The summed E-state index contributed by atoms with van der Waals surface area (Å²) in [6.45, 7) is 9.88. The van der Waals surface area contributed by atoms with E-state index >= 15 is 0 Å². The van der Waals surface area contributed by atoms with E-state index < -0.39 is 6.10 Å². The Bertz CT molecular complexity index is 1010. The first-order chi connectivity index (χ1) is 16.4. The minimum absolute atomic E-state index is 0.0259. The monoisotopic (exact) mass is 462 g/mol. The number of ether oxygens (including phenoxy) is 2. The van der Waals surface area contributed by atoms with Gasteiger partial charge >= 0.3 is 0 Å². The molecule has 0 aliphatic rings. The SMILES string of the molecule is CC(C)CCOc1cc(-c2ccccc2)c(C(O)c2ccc(CO)cc2)cc1OCCC(C)C. The highest BCUT2D eigenvalue weighted by Crippen LogP contribution is 2.40. The zero-order chi connectivity index (χ0) is 24.5. The number of benzene rings is 3. The molecule has 3 rings (SSSR count). The molecular weight excluding hydrogens is 424 g/mol. The lowest BCUT2D eigenvalue weighted by molar-refractivity contribution is 0.217. The second-order valence-electron chi connectivity index (χ2n) is 9.62. The summed E-state index contributed by atoms with van der Waals surface area (Å²) in [5, 5.41) is 20.8. The van der Waals surface area contributed by atoms with Gasteiger partial charge in [-0.15, -0.1) is 0 Å². The number of aliphatic hydroxyl groups excluding tert-OH is 2. The van der Waals surface area contributed by atoms with Crippen molar-refractivity contribution in [2.45, 2.75) is 53.2 Å². The van der Waals surface area contributed by atoms with Gasteiger partial charge < -0.3 is 19.7 Å². The van der Waals surface area contributed by atoms with Crippen LogP contribution in [0.25, 0.3) is 11.1 Å². The molecule has 3 aromatic carbocycles. The highest BCUT2D eigenvalue weighted by molar-refractivity contribution is 5.72. The largest absolute Gasteiger partial charge is 0.490 e. The molecule has 4 heteroatoms. The Kier molecular flexibility index (Phi) is 9.55. The quantitative estimate of drug-likeness (QED) is 0.312. The van der Waals surface area contributed by atoms with E-state index in [4.69, 9.17) is 9.47 Å². The summed E-state index contributed by atoms with van der Waals surface area (Å²) in [7, 11) is 0. The molecule has 182 valence electrons. The molecule has 0 aliphatic carbocycles. The molecule has 0 bridgehead atoms. The Morgan fingerprint density at radius 3 is 1.82 bits per heavy atom. The van der Waals surface area contributed by atoms with Gasteiger partial charge in [-0.1, -0.05) is 82.3 Å². The van der Waals surface area contributed by atoms with Gasteiger partial charge in [-0.2, -0.15) is 0 Å². The Balaban J connectivity index is 2.05. The van der Waals surface area contributed by atoms with Gasteiger partial charge in [0.15, 0.2) is 11.5 Å². The van der Waals surface area contributed by atoms with E-state index in [1.807, 2.05) is 66.7 Å². The van der Waals surface area contributed by atoms with Crippen molar-refractivity contribution in [2.24, 2.45) is 11.8 Å². The smallest absolute Gasteiger partial charge is 0.161 e. The Labute approximate surface area is 204 Å². The Morgan fingerprint density at radius 2 is 1.29 bits per heavy atom. The zero-order valence-corrected chi connectivity index (χ0v) is 20.8. The van der Waals surface area contributed by atoms with Crippen LogP contribution in [-0.2, 0) is 6.61 Å². The predicted octanol–water partition coefficient (Wildman–Crippen LogP) is 6.78. The Hall–Kier alpha value is -2.82. The molecule has 2 N–H and O–H groups in total. The third-order valence-corrected chi connectivity index (χ3v) is 5.88. The molecule has 0 aromatic heterocycles. The fourth-order valence-corrected chi connectivity index (χ4v) is 3.69. The van der Waals surface area contributed by atoms with Crippen molar-refractivity contribution >= 4 is 0 Å². The topological polar surface area (TPSA) is 58.9 Å². The first-order valence-corrected chi connectivity index (χ1v) is 12.3. The van der Waals surface area contributed by atoms with Crippen LogP contribution in [0.1, 0.15) is 63.3 Å². The third-order valence-electron chi connectivity index (χ3n) is 5.88. The van der Waals surface area contributed by atoms with Crippen LogP contribution in [0.15, 0.2) is 66.7 Å². The van der Waals surface area contributed by atoms with Crippen molar-refractivity contribution in [2.75, 3.05) is 13.2 Å². The van der Waals surface area contributed by atoms with Crippen molar-refractivity contribution in [1.82, 2.24) is 0 Å². The van der Waals surface area contributed by atoms with Gasteiger partial charge in [0.2, 0.25) is 0 Å². The molecule has 3 aromatic rings. The van der Waals surface area contributed by atoms with Gasteiger partial charge in [-0.05, 0) is 64.6 Å². The minimum atomic E-state index is -0.847. The fourth-order valence-electron chi connectivity index (χ4n) is 3.69. The van der Waals surface area contributed by atoms with Crippen molar-refractivity contribution in [3.05, 3.63) is 83.4 Å². The van der Waals surface area contributed by atoms with Crippen LogP contribution in [-0.4, -0.2) is 23.4 Å². The molecule has 1 atom stereocenters. The van der Waals surface area contributed by atoms with E-state index in [0.29, 0.717) is 36.5 Å². The predicted molar refractivity (Wildman–Crippen MR) is 138 cm³/mol. The molecule has 0 saturated carbocycles. The van der Waals surface area contributed by atoms with Gasteiger partial charge in [0, 0.05) is 0 Å². The van der Waals surface area contributed by atoms with E-state index in [-0.39, 0.29) is 6.61 Å². The lowest BCUT2D eigenvalue weighted by atomic mass is 9.91. The van der Waals surface area contributed by atoms with Crippen LogP contribution in [0.4, 0.5) is 0 Å². The standard InChI is InChI=1S/C30H38O4/c1-21(2)14-16-33-28-18-26(24-8-6-5-7-9-24)27(19-29(28)34-17-15-22(3)4)30(32)25-12-10-23(20-31)11-13-25/h5-13,18-19,21-22,30-32H,14-17,20H2,1-4H3. The molecule has 0 saturated heterocycles. The van der Waals surface area contributed by atoms with Crippen LogP contribution in [0.3, 0.4) is 0 Å². The van der Waals surface area contributed by atoms with Gasteiger partial charge in [-0.25, -0.2) is 0 Å². The van der Waals surface area contributed by atoms with Gasteiger partial charge in [0.25, 0.3) is 0 Å². The van der Waals surface area contributed by atoms with Crippen molar-refractivity contribution in [1.29, 1.82) is 0 Å². The maximum atomic E-state index is 11.4. The van der Waals surface area contributed by atoms with Crippen LogP contribution in [0, 0.1) is 11.8 Å². The van der Waals surface area contributed by atoms with Crippen LogP contribution in [0.5, 0.6) is 11.5 Å². The van der Waals surface area contributed by atoms with Crippen LogP contribution >= 0.6 is 0 Å². The highest BCUT2D eigenvalue weighted by atomic mass is 16.5. The van der Waals surface area contributed by atoms with Crippen LogP contribution in [0.2, 0.25) is 0 Å². The Morgan fingerprint density at radius 1 is 0.735 bits per heavy atom. The lowest BCUT2D eigenvalue weighted by Gasteiger charge is -2.21. The highest BCUT2D eigenvalue weighted by Gasteiger charge is 2.21. The average Bonchev–Trinajstić information content (AvgIpc) is 2.84. The summed E-state index contributed by atoms with van der Waals surface area (Å²) in [4.78, 5) is 0. The average molecular weight is 463 g/mol. The lowest BCUT2D eigenvalue weighted by Crippen LogP contribution is -2.09. The first-order valence-electron chi connectivity index (χ1n) is 12.3. The van der Waals surface area contributed by atoms with Crippen LogP contribution < -0.4 is 9.47 Å². The molecule has 4 nitrogen and oxygen atoms in total.